The first-order chi connectivity index (χ1) is 10.0. The summed E-state index contributed by atoms with van der Waals surface area (Å²) in [6.45, 7) is -0.322. The molecule has 2 heterocycles. The third-order valence-electron chi connectivity index (χ3n) is 2.62. The Balaban J connectivity index is 0.000000422. The van der Waals surface area contributed by atoms with Gasteiger partial charge in [-0.2, -0.15) is 0 Å². The SMILES string of the molecule is O=P(O)(O)O.O=c1[nH]c(=O)n([C@H]2C[C@H](O)[C@@H](CO)O2)cc1Br. The number of rotatable bonds is 2. The van der Waals surface area contributed by atoms with Crippen LogP contribution in [0.1, 0.15) is 12.6 Å². The van der Waals surface area contributed by atoms with Crippen LogP contribution in [0.5, 0.6) is 0 Å². The van der Waals surface area contributed by atoms with Crippen molar-refractivity contribution >= 4 is 23.8 Å². The molecule has 3 atom stereocenters. The smallest absolute Gasteiger partial charge is 0.394 e. The molecule has 0 unspecified atom stereocenters. The second-order valence-corrected chi connectivity index (χ2v) is 6.15. The maximum absolute atomic E-state index is 11.5. The molecule has 0 spiro atoms. The van der Waals surface area contributed by atoms with Gasteiger partial charge in [-0.1, -0.05) is 0 Å². The lowest BCUT2D eigenvalue weighted by atomic mass is 10.2. The lowest BCUT2D eigenvalue weighted by Crippen LogP contribution is -2.32. The molecular formula is C9H14BrN2O9P. The molecule has 1 saturated heterocycles. The van der Waals surface area contributed by atoms with Gasteiger partial charge in [0.1, 0.15) is 12.3 Å². The number of ether oxygens (including phenoxy) is 1. The molecule has 0 aliphatic carbocycles. The van der Waals surface area contributed by atoms with Crippen molar-refractivity contribution < 1.29 is 34.2 Å². The van der Waals surface area contributed by atoms with Crippen LogP contribution in [0.15, 0.2) is 20.3 Å². The summed E-state index contributed by atoms with van der Waals surface area (Å²) >= 11 is 3.00. The number of aliphatic hydroxyl groups excluding tert-OH is 2. The summed E-state index contributed by atoms with van der Waals surface area (Å²) in [7, 11) is -4.64. The number of nitrogens with one attached hydrogen (secondary N) is 1. The number of aromatic nitrogens is 2. The van der Waals surface area contributed by atoms with Gasteiger partial charge in [-0.25, -0.2) is 9.36 Å². The van der Waals surface area contributed by atoms with Crippen LogP contribution in [0.25, 0.3) is 0 Å². The van der Waals surface area contributed by atoms with E-state index in [0.29, 0.717) is 0 Å². The zero-order chi connectivity index (χ0) is 17.1. The standard InChI is InChI=1S/C9H11BrN2O5.H3O4P/c10-4-2-12(9(16)11-8(4)15)7-1-5(14)6(3-13)17-7;1-5(2,3)4/h2,5-7,13-14H,1,3H2,(H,11,15,16);(H3,1,2,3,4)/t5-,6+,7+;/m0./s1. The van der Waals surface area contributed by atoms with Crippen molar-refractivity contribution in [3.8, 4) is 0 Å². The molecule has 0 bridgehead atoms. The molecule has 0 amide bonds. The van der Waals surface area contributed by atoms with E-state index in [4.69, 9.17) is 29.1 Å². The van der Waals surface area contributed by atoms with Gasteiger partial charge in [0.05, 0.1) is 17.2 Å². The van der Waals surface area contributed by atoms with Crippen molar-refractivity contribution in [3.63, 3.8) is 0 Å². The topological polar surface area (TPSA) is 182 Å². The molecule has 1 fully saturated rings. The highest BCUT2D eigenvalue weighted by molar-refractivity contribution is 9.10. The summed E-state index contributed by atoms with van der Waals surface area (Å²) in [5, 5.41) is 18.5. The second-order valence-electron chi connectivity index (χ2n) is 4.27. The van der Waals surface area contributed by atoms with E-state index < -0.39 is 37.5 Å². The average Bonchev–Trinajstić information content (AvgIpc) is 2.73. The fourth-order valence-electron chi connectivity index (χ4n) is 1.72. The molecule has 1 aromatic rings. The number of halogens is 1. The van der Waals surface area contributed by atoms with Crippen molar-refractivity contribution in [3.05, 3.63) is 31.5 Å². The molecule has 1 aromatic heterocycles. The molecule has 0 saturated carbocycles. The Labute approximate surface area is 131 Å². The summed E-state index contributed by atoms with van der Waals surface area (Å²) in [5.41, 5.74) is -1.14. The minimum atomic E-state index is -4.64. The number of nitrogens with zero attached hydrogens (tertiary/aromatic N) is 1. The van der Waals surface area contributed by atoms with E-state index in [-0.39, 0.29) is 17.5 Å². The van der Waals surface area contributed by atoms with Crippen molar-refractivity contribution in [2.24, 2.45) is 0 Å². The summed E-state index contributed by atoms with van der Waals surface area (Å²) in [6.07, 6.45) is -0.745. The van der Waals surface area contributed by atoms with E-state index >= 15 is 0 Å². The predicted octanol–water partition coefficient (Wildman–Crippen LogP) is -1.99. The van der Waals surface area contributed by atoms with E-state index in [2.05, 4.69) is 20.9 Å². The first-order valence-electron chi connectivity index (χ1n) is 5.76. The Bertz CT molecular complexity index is 660. The Hall–Kier alpha value is -0.850. The monoisotopic (exact) mass is 404 g/mol. The maximum Gasteiger partial charge on any atom is 0.466 e. The summed E-state index contributed by atoms with van der Waals surface area (Å²) < 4.78 is 15.6. The van der Waals surface area contributed by atoms with Crippen LogP contribution >= 0.6 is 23.8 Å². The van der Waals surface area contributed by atoms with Gasteiger partial charge in [-0.15, -0.1) is 0 Å². The predicted molar refractivity (Wildman–Crippen MR) is 74.9 cm³/mol. The number of aliphatic hydroxyl groups is 2. The molecule has 0 radical (unpaired) electrons. The normalized spacial score (nSPS) is 24.7. The van der Waals surface area contributed by atoms with Crippen molar-refractivity contribution in [1.82, 2.24) is 9.55 Å². The summed E-state index contributed by atoms with van der Waals surface area (Å²) in [5.74, 6) is 0. The molecule has 22 heavy (non-hydrogen) atoms. The van der Waals surface area contributed by atoms with Gasteiger partial charge >= 0.3 is 13.5 Å². The fraction of sp³-hybridized carbons (Fsp3) is 0.556. The molecule has 1 aliphatic rings. The fourth-order valence-corrected chi connectivity index (χ4v) is 2.04. The molecule has 11 nitrogen and oxygen atoms in total. The quantitative estimate of drug-likeness (QED) is 0.304. The lowest BCUT2D eigenvalue weighted by Gasteiger charge is -2.14. The number of aromatic amines is 1. The van der Waals surface area contributed by atoms with Crippen LogP contribution < -0.4 is 11.2 Å². The van der Waals surface area contributed by atoms with E-state index in [1.807, 2.05) is 0 Å². The Morgan fingerprint density at radius 2 is 1.95 bits per heavy atom. The average molecular weight is 405 g/mol. The maximum atomic E-state index is 11.5. The van der Waals surface area contributed by atoms with Gasteiger partial charge < -0.3 is 29.6 Å². The number of hydrogen-bond donors (Lipinski definition) is 6. The molecule has 2 rings (SSSR count). The summed E-state index contributed by atoms with van der Waals surface area (Å²) in [4.78, 5) is 46.4. The first kappa shape index (κ1) is 19.2. The van der Waals surface area contributed by atoms with E-state index in [9.17, 15) is 14.7 Å². The van der Waals surface area contributed by atoms with Gasteiger partial charge in [0.2, 0.25) is 0 Å². The third kappa shape index (κ3) is 5.74. The van der Waals surface area contributed by atoms with Crippen LogP contribution in [0, 0.1) is 0 Å². The molecular weight excluding hydrogens is 391 g/mol. The van der Waals surface area contributed by atoms with Gasteiger partial charge in [-0.05, 0) is 15.9 Å². The van der Waals surface area contributed by atoms with Gasteiger partial charge in [0, 0.05) is 12.6 Å². The second kappa shape index (κ2) is 7.62. The Morgan fingerprint density at radius 1 is 1.41 bits per heavy atom. The summed E-state index contributed by atoms with van der Waals surface area (Å²) in [6, 6.07) is 0. The third-order valence-corrected chi connectivity index (χ3v) is 3.18. The highest BCUT2D eigenvalue weighted by Crippen LogP contribution is 2.27. The molecule has 6 N–H and O–H groups in total. The van der Waals surface area contributed by atoms with Crippen LogP contribution in [0.2, 0.25) is 0 Å². The number of H-pyrrole nitrogens is 1. The van der Waals surface area contributed by atoms with E-state index in [0.717, 1.165) is 0 Å². The van der Waals surface area contributed by atoms with E-state index in [1.165, 1.54) is 10.8 Å². The van der Waals surface area contributed by atoms with Crippen LogP contribution in [0.3, 0.4) is 0 Å². The largest absolute Gasteiger partial charge is 0.466 e. The van der Waals surface area contributed by atoms with E-state index in [1.54, 1.807) is 0 Å². The van der Waals surface area contributed by atoms with Crippen LogP contribution in [0.4, 0.5) is 0 Å². The molecule has 13 heteroatoms. The highest BCUT2D eigenvalue weighted by atomic mass is 79.9. The van der Waals surface area contributed by atoms with Gasteiger partial charge in [0.25, 0.3) is 5.56 Å². The molecule has 1 aliphatic heterocycles. The van der Waals surface area contributed by atoms with Crippen molar-refractivity contribution in [2.45, 2.75) is 24.9 Å². The Kier molecular flexibility index (Phi) is 6.65. The lowest BCUT2D eigenvalue weighted by molar-refractivity contribution is -0.0459. The van der Waals surface area contributed by atoms with Crippen molar-refractivity contribution in [1.29, 1.82) is 0 Å². The van der Waals surface area contributed by atoms with Gasteiger partial charge in [-0.3, -0.25) is 14.3 Å². The van der Waals surface area contributed by atoms with Crippen molar-refractivity contribution in [2.75, 3.05) is 6.61 Å². The number of phosphoric acid groups is 1. The Morgan fingerprint density at radius 3 is 2.41 bits per heavy atom. The molecule has 0 aromatic carbocycles. The minimum Gasteiger partial charge on any atom is -0.394 e. The number of hydrogen-bond acceptors (Lipinski definition) is 6. The van der Waals surface area contributed by atoms with Crippen LogP contribution in [-0.2, 0) is 9.30 Å². The zero-order valence-corrected chi connectivity index (χ0v) is 13.3. The first-order valence-corrected chi connectivity index (χ1v) is 8.12. The van der Waals surface area contributed by atoms with Crippen LogP contribution in [-0.4, -0.2) is 53.3 Å². The zero-order valence-electron chi connectivity index (χ0n) is 10.9. The highest BCUT2D eigenvalue weighted by Gasteiger charge is 2.35. The molecule has 126 valence electrons. The minimum absolute atomic E-state index is 0.184. The van der Waals surface area contributed by atoms with Gasteiger partial charge in [0.15, 0.2) is 0 Å².